The number of ether oxygens (including phenoxy) is 1. The average Bonchev–Trinajstić information content (AvgIpc) is 2.69. The molecular formula is C12H18N4O3. The number of likely N-dealkylation sites (tertiary alicyclic amines) is 1. The maximum Gasteiger partial charge on any atom is 0.309 e. The zero-order valence-electron chi connectivity index (χ0n) is 11.0. The molecule has 2 aliphatic rings. The quantitative estimate of drug-likeness (QED) is 0.606. The Bertz CT molecular complexity index is 483. The summed E-state index contributed by atoms with van der Waals surface area (Å²) >= 11 is 0. The zero-order chi connectivity index (χ0) is 13.4. The van der Waals surface area contributed by atoms with Crippen molar-refractivity contribution in [2.45, 2.75) is 31.8 Å². The molecule has 104 valence electrons. The molecule has 0 aliphatic carbocycles. The molecule has 3 heterocycles. The summed E-state index contributed by atoms with van der Waals surface area (Å²) in [4.78, 5) is 12.9. The minimum absolute atomic E-state index is 0.115. The smallest absolute Gasteiger partial charge is 0.309 e. The van der Waals surface area contributed by atoms with Crippen LogP contribution in [0.5, 0.6) is 0 Å². The Morgan fingerprint density at radius 3 is 2.84 bits per heavy atom. The minimum atomic E-state index is -0.362. The number of hydrogen-bond donors (Lipinski definition) is 0. The first kappa shape index (κ1) is 12.6. The van der Waals surface area contributed by atoms with Crippen LogP contribution in [-0.4, -0.2) is 51.9 Å². The lowest BCUT2D eigenvalue weighted by atomic mass is 10.0. The molecule has 3 rings (SSSR count). The standard InChI is InChI=1S/C12H18N4O3/c1-9-12(16(17)18)5-13-15(9)10-3-2-4-14(6-10)11-7-19-8-11/h5,10-11H,2-4,6-8H2,1H3. The fourth-order valence-corrected chi connectivity index (χ4v) is 2.91. The van der Waals surface area contributed by atoms with E-state index in [4.69, 9.17) is 4.74 Å². The van der Waals surface area contributed by atoms with Crippen molar-refractivity contribution in [2.24, 2.45) is 0 Å². The maximum atomic E-state index is 10.9. The molecule has 2 aliphatic heterocycles. The van der Waals surface area contributed by atoms with Crippen LogP contribution in [-0.2, 0) is 4.74 Å². The average molecular weight is 266 g/mol. The van der Waals surface area contributed by atoms with Gasteiger partial charge in [-0.3, -0.25) is 19.7 Å². The first-order valence-electron chi connectivity index (χ1n) is 6.67. The van der Waals surface area contributed by atoms with Gasteiger partial charge in [0.05, 0.1) is 30.2 Å². The van der Waals surface area contributed by atoms with Gasteiger partial charge in [0.15, 0.2) is 0 Å². The van der Waals surface area contributed by atoms with Crippen molar-refractivity contribution >= 4 is 5.69 Å². The van der Waals surface area contributed by atoms with Crippen molar-refractivity contribution in [3.05, 3.63) is 22.0 Å². The van der Waals surface area contributed by atoms with Gasteiger partial charge in [-0.2, -0.15) is 5.10 Å². The molecule has 1 unspecified atom stereocenters. The highest BCUT2D eigenvalue weighted by Gasteiger charge is 2.32. The zero-order valence-corrected chi connectivity index (χ0v) is 11.0. The third kappa shape index (κ3) is 2.23. The largest absolute Gasteiger partial charge is 0.378 e. The number of rotatable bonds is 3. The van der Waals surface area contributed by atoms with Gasteiger partial charge in [0.2, 0.25) is 0 Å². The van der Waals surface area contributed by atoms with Crippen LogP contribution in [0, 0.1) is 17.0 Å². The van der Waals surface area contributed by atoms with Gasteiger partial charge < -0.3 is 4.74 Å². The molecule has 0 N–H and O–H groups in total. The van der Waals surface area contributed by atoms with E-state index >= 15 is 0 Å². The lowest BCUT2D eigenvalue weighted by Crippen LogP contribution is -2.52. The van der Waals surface area contributed by atoms with Gasteiger partial charge >= 0.3 is 5.69 Å². The van der Waals surface area contributed by atoms with Crippen LogP contribution in [0.25, 0.3) is 0 Å². The van der Waals surface area contributed by atoms with E-state index in [1.807, 2.05) is 4.68 Å². The summed E-state index contributed by atoms with van der Waals surface area (Å²) < 4.78 is 7.06. The molecule has 0 radical (unpaired) electrons. The number of hydrogen-bond acceptors (Lipinski definition) is 5. The predicted octanol–water partition coefficient (Wildman–Crippen LogP) is 1.14. The summed E-state index contributed by atoms with van der Waals surface area (Å²) in [7, 11) is 0. The Morgan fingerprint density at radius 1 is 1.47 bits per heavy atom. The molecule has 1 aromatic heterocycles. The first-order chi connectivity index (χ1) is 9.16. The Morgan fingerprint density at radius 2 is 2.26 bits per heavy atom. The summed E-state index contributed by atoms with van der Waals surface area (Å²) in [6.07, 6.45) is 3.50. The van der Waals surface area contributed by atoms with E-state index in [2.05, 4.69) is 10.00 Å². The molecule has 19 heavy (non-hydrogen) atoms. The van der Waals surface area contributed by atoms with Gasteiger partial charge in [-0.1, -0.05) is 0 Å². The molecule has 1 aromatic rings. The van der Waals surface area contributed by atoms with E-state index in [-0.39, 0.29) is 16.7 Å². The Hall–Kier alpha value is -1.47. The molecule has 0 aromatic carbocycles. The Kier molecular flexibility index (Phi) is 3.24. The molecule has 0 spiro atoms. The molecule has 7 heteroatoms. The van der Waals surface area contributed by atoms with E-state index in [1.54, 1.807) is 6.92 Å². The lowest BCUT2D eigenvalue weighted by Gasteiger charge is -2.42. The first-order valence-corrected chi connectivity index (χ1v) is 6.67. The van der Waals surface area contributed by atoms with Gasteiger partial charge in [0.1, 0.15) is 11.9 Å². The number of nitrogens with zero attached hydrogens (tertiary/aromatic N) is 4. The highest BCUT2D eigenvalue weighted by Crippen LogP contribution is 2.28. The third-order valence-corrected chi connectivity index (χ3v) is 4.13. The summed E-state index contributed by atoms with van der Waals surface area (Å²) in [5, 5.41) is 15.1. The van der Waals surface area contributed by atoms with Gasteiger partial charge in [0, 0.05) is 6.54 Å². The molecule has 2 fully saturated rings. The molecule has 0 saturated carbocycles. The second kappa shape index (κ2) is 4.90. The monoisotopic (exact) mass is 266 g/mol. The summed E-state index contributed by atoms with van der Waals surface area (Å²) in [6, 6.07) is 0.761. The van der Waals surface area contributed by atoms with Gasteiger partial charge in [-0.25, -0.2) is 0 Å². The van der Waals surface area contributed by atoms with Crippen LogP contribution in [0.4, 0.5) is 5.69 Å². The van der Waals surface area contributed by atoms with Crippen LogP contribution in [0.15, 0.2) is 6.20 Å². The van der Waals surface area contributed by atoms with Crippen LogP contribution in [0.2, 0.25) is 0 Å². The summed E-state index contributed by atoms with van der Waals surface area (Å²) in [6.45, 7) is 5.40. The van der Waals surface area contributed by atoms with E-state index in [0.717, 1.165) is 39.1 Å². The van der Waals surface area contributed by atoms with E-state index in [0.29, 0.717) is 11.7 Å². The normalized spacial score (nSPS) is 25.2. The number of aromatic nitrogens is 2. The predicted molar refractivity (Wildman–Crippen MR) is 68.1 cm³/mol. The van der Waals surface area contributed by atoms with Gasteiger partial charge in [-0.05, 0) is 26.3 Å². The van der Waals surface area contributed by atoms with Crippen LogP contribution in [0.3, 0.4) is 0 Å². The minimum Gasteiger partial charge on any atom is -0.378 e. The van der Waals surface area contributed by atoms with Crippen LogP contribution >= 0.6 is 0 Å². The van der Waals surface area contributed by atoms with Gasteiger partial charge in [0.25, 0.3) is 0 Å². The van der Waals surface area contributed by atoms with Crippen molar-refractivity contribution in [1.82, 2.24) is 14.7 Å². The topological polar surface area (TPSA) is 73.4 Å². The molecule has 2 saturated heterocycles. The fraction of sp³-hybridized carbons (Fsp3) is 0.750. The Labute approximate surface area is 111 Å². The van der Waals surface area contributed by atoms with Crippen LogP contribution in [0.1, 0.15) is 24.6 Å². The third-order valence-electron chi connectivity index (χ3n) is 4.13. The second-order valence-electron chi connectivity index (χ2n) is 5.30. The molecule has 0 bridgehead atoms. The highest BCUT2D eigenvalue weighted by molar-refractivity contribution is 5.32. The second-order valence-corrected chi connectivity index (χ2v) is 5.30. The molecule has 0 amide bonds. The number of piperidine rings is 1. The molecule has 7 nitrogen and oxygen atoms in total. The summed E-state index contributed by atoms with van der Waals surface area (Å²) in [5.74, 6) is 0. The molecule has 1 atom stereocenters. The van der Waals surface area contributed by atoms with Crippen LogP contribution < -0.4 is 0 Å². The SMILES string of the molecule is Cc1c([N+](=O)[O-])cnn1C1CCCN(C2COC2)C1. The van der Waals surface area contributed by atoms with E-state index in [9.17, 15) is 10.1 Å². The van der Waals surface area contributed by atoms with Gasteiger partial charge in [-0.15, -0.1) is 0 Å². The van der Waals surface area contributed by atoms with Crippen molar-refractivity contribution in [3.63, 3.8) is 0 Å². The van der Waals surface area contributed by atoms with Crippen molar-refractivity contribution in [2.75, 3.05) is 26.3 Å². The number of nitro groups is 1. The van der Waals surface area contributed by atoms with E-state index < -0.39 is 0 Å². The fourth-order valence-electron chi connectivity index (χ4n) is 2.91. The van der Waals surface area contributed by atoms with Crippen molar-refractivity contribution in [3.8, 4) is 0 Å². The highest BCUT2D eigenvalue weighted by atomic mass is 16.6. The van der Waals surface area contributed by atoms with E-state index in [1.165, 1.54) is 6.20 Å². The maximum absolute atomic E-state index is 10.9. The van der Waals surface area contributed by atoms with Crippen molar-refractivity contribution in [1.29, 1.82) is 0 Å². The Balaban J connectivity index is 1.75. The lowest BCUT2D eigenvalue weighted by molar-refractivity contribution is -0.385. The van der Waals surface area contributed by atoms with Crippen molar-refractivity contribution < 1.29 is 9.66 Å². The summed E-state index contributed by atoms with van der Waals surface area (Å²) in [5.41, 5.74) is 0.769. The molecular weight excluding hydrogens is 248 g/mol.